The molecule has 0 bridgehead atoms. The van der Waals surface area contributed by atoms with Gasteiger partial charge in [0, 0.05) is 30.1 Å². The molecule has 4 nitrogen and oxygen atoms in total. The van der Waals surface area contributed by atoms with Gasteiger partial charge in [-0.05, 0) is 25.7 Å². The van der Waals surface area contributed by atoms with Gasteiger partial charge in [0.05, 0.1) is 6.10 Å². The fourth-order valence-corrected chi connectivity index (χ4v) is 3.61. The maximum atomic E-state index is 12.2. The van der Waals surface area contributed by atoms with Crippen molar-refractivity contribution in [2.45, 2.75) is 58.4 Å². The summed E-state index contributed by atoms with van der Waals surface area (Å²) in [5, 5.41) is 13.0. The largest absolute Gasteiger partial charge is 0.393 e. The molecule has 2 N–H and O–H groups in total. The molecule has 3 unspecified atom stereocenters. The first-order valence-electron chi connectivity index (χ1n) is 7.07. The first kappa shape index (κ1) is 16.6. The van der Waals surface area contributed by atoms with Crippen LogP contribution in [0.5, 0.6) is 0 Å². The minimum absolute atomic E-state index is 0.0262. The molecular weight excluding hydrogens is 260 g/mol. The summed E-state index contributed by atoms with van der Waals surface area (Å²) >= 11 is 1.92. The molecule has 0 aromatic carbocycles. The number of nitrogens with one attached hydrogen (secondary N) is 1. The Balaban J connectivity index is 2.46. The molecule has 5 heteroatoms. The van der Waals surface area contributed by atoms with E-state index in [4.69, 9.17) is 0 Å². The Kier molecular flexibility index (Phi) is 5.99. The van der Waals surface area contributed by atoms with Gasteiger partial charge in [0.1, 0.15) is 0 Å². The number of aliphatic hydroxyl groups is 1. The molecule has 2 amide bonds. The van der Waals surface area contributed by atoms with Crippen molar-refractivity contribution in [2.24, 2.45) is 5.41 Å². The second-order valence-corrected chi connectivity index (χ2v) is 7.87. The maximum absolute atomic E-state index is 12.2. The first-order valence-corrected chi connectivity index (χ1v) is 8.12. The van der Waals surface area contributed by atoms with E-state index in [1.165, 1.54) is 0 Å². The number of carbonyl (C=O) groups excluding carboxylic acids is 1. The van der Waals surface area contributed by atoms with Crippen LogP contribution in [-0.2, 0) is 0 Å². The molecule has 0 saturated carbocycles. The Bertz CT molecular complexity index is 308. The normalized spacial score (nSPS) is 26.1. The summed E-state index contributed by atoms with van der Waals surface area (Å²) < 4.78 is 0. The third-order valence-corrected chi connectivity index (χ3v) is 5.05. The van der Waals surface area contributed by atoms with Gasteiger partial charge in [0.15, 0.2) is 0 Å². The van der Waals surface area contributed by atoms with Crippen molar-refractivity contribution in [1.82, 2.24) is 10.2 Å². The van der Waals surface area contributed by atoms with E-state index in [9.17, 15) is 9.90 Å². The van der Waals surface area contributed by atoms with Crippen molar-refractivity contribution < 1.29 is 9.90 Å². The lowest BCUT2D eigenvalue weighted by Crippen LogP contribution is -2.53. The fraction of sp³-hybridized carbons (Fsp3) is 0.929. The number of hydrogen-bond acceptors (Lipinski definition) is 3. The lowest BCUT2D eigenvalue weighted by molar-refractivity contribution is 0.125. The summed E-state index contributed by atoms with van der Waals surface area (Å²) in [5.74, 6) is 1.01. The Labute approximate surface area is 121 Å². The highest BCUT2D eigenvalue weighted by Crippen LogP contribution is 2.25. The van der Waals surface area contributed by atoms with Crippen LogP contribution in [0.2, 0.25) is 0 Å². The van der Waals surface area contributed by atoms with Crippen LogP contribution in [0.15, 0.2) is 0 Å². The predicted molar refractivity (Wildman–Crippen MR) is 81.6 cm³/mol. The molecule has 0 spiro atoms. The molecule has 1 aliphatic rings. The van der Waals surface area contributed by atoms with E-state index < -0.39 is 0 Å². The van der Waals surface area contributed by atoms with Gasteiger partial charge < -0.3 is 15.3 Å². The molecule has 1 rings (SSSR count). The second kappa shape index (κ2) is 6.84. The minimum Gasteiger partial charge on any atom is -0.393 e. The third-order valence-electron chi connectivity index (χ3n) is 3.71. The standard InChI is InChI=1S/C14H28N2O2S/c1-10(17)8-14(4,5)9-15-13(18)16-6-7-19-12(3)11(16)2/h10-12,17H,6-9H2,1-5H3,(H,15,18). The third kappa shape index (κ3) is 5.22. The molecule has 0 aliphatic carbocycles. The van der Waals surface area contributed by atoms with Crippen LogP contribution >= 0.6 is 11.8 Å². The Morgan fingerprint density at radius 1 is 1.53 bits per heavy atom. The van der Waals surface area contributed by atoms with E-state index in [1.807, 2.05) is 16.7 Å². The SMILES string of the molecule is CC(O)CC(C)(C)CNC(=O)N1CCSC(C)C1C. The summed E-state index contributed by atoms with van der Waals surface area (Å²) in [6.45, 7) is 11.6. The van der Waals surface area contributed by atoms with E-state index in [0.717, 1.165) is 12.3 Å². The summed E-state index contributed by atoms with van der Waals surface area (Å²) in [6, 6.07) is 0.303. The van der Waals surface area contributed by atoms with Gasteiger partial charge in [-0.3, -0.25) is 0 Å². The summed E-state index contributed by atoms with van der Waals surface area (Å²) in [5.41, 5.74) is -0.0801. The number of amides is 2. The van der Waals surface area contributed by atoms with Crippen molar-refractivity contribution in [3.63, 3.8) is 0 Å². The second-order valence-electron chi connectivity index (χ2n) is 6.39. The number of thioether (sulfide) groups is 1. The lowest BCUT2D eigenvalue weighted by atomic mass is 9.87. The van der Waals surface area contributed by atoms with Crippen LogP contribution < -0.4 is 5.32 Å². The number of urea groups is 1. The molecule has 0 aromatic rings. The van der Waals surface area contributed by atoms with Gasteiger partial charge in [0.2, 0.25) is 0 Å². The topological polar surface area (TPSA) is 52.6 Å². The molecular formula is C14H28N2O2S. The van der Waals surface area contributed by atoms with Gasteiger partial charge in [-0.1, -0.05) is 20.8 Å². The van der Waals surface area contributed by atoms with Gasteiger partial charge in [-0.25, -0.2) is 4.79 Å². The minimum atomic E-state index is -0.336. The van der Waals surface area contributed by atoms with Gasteiger partial charge >= 0.3 is 6.03 Å². The maximum Gasteiger partial charge on any atom is 0.317 e. The van der Waals surface area contributed by atoms with E-state index in [1.54, 1.807) is 6.92 Å². The zero-order chi connectivity index (χ0) is 14.6. The van der Waals surface area contributed by atoms with E-state index in [2.05, 4.69) is 33.0 Å². The van der Waals surface area contributed by atoms with Crippen LogP contribution in [0.1, 0.15) is 41.0 Å². The van der Waals surface area contributed by atoms with Crippen molar-refractivity contribution in [3.05, 3.63) is 0 Å². The van der Waals surface area contributed by atoms with E-state index >= 15 is 0 Å². The number of rotatable bonds is 4. The van der Waals surface area contributed by atoms with Crippen LogP contribution in [0.3, 0.4) is 0 Å². The Hall–Kier alpha value is -0.420. The fourth-order valence-electron chi connectivity index (χ4n) is 2.51. The quantitative estimate of drug-likeness (QED) is 0.835. The number of nitrogens with zero attached hydrogens (tertiary/aromatic N) is 1. The van der Waals surface area contributed by atoms with Crippen molar-refractivity contribution in [3.8, 4) is 0 Å². The number of hydrogen-bond donors (Lipinski definition) is 2. The van der Waals surface area contributed by atoms with E-state index in [-0.39, 0.29) is 23.6 Å². The lowest BCUT2D eigenvalue weighted by Gasteiger charge is -2.38. The van der Waals surface area contributed by atoms with Crippen LogP contribution in [0.4, 0.5) is 4.79 Å². The number of aliphatic hydroxyl groups excluding tert-OH is 1. The molecule has 1 fully saturated rings. The van der Waals surface area contributed by atoms with Gasteiger partial charge in [-0.2, -0.15) is 11.8 Å². The zero-order valence-corrected chi connectivity index (χ0v) is 13.6. The summed E-state index contributed by atoms with van der Waals surface area (Å²) in [6.07, 6.45) is 0.354. The molecule has 1 aliphatic heterocycles. The monoisotopic (exact) mass is 288 g/mol. The average molecular weight is 288 g/mol. The smallest absolute Gasteiger partial charge is 0.317 e. The molecule has 19 heavy (non-hydrogen) atoms. The molecule has 3 atom stereocenters. The van der Waals surface area contributed by atoms with Crippen LogP contribution in [0.25, 0.3) is 0 Å². The van der Waals surface area contributed by atoms with Crippen molar-refractivity contribution in [2.75, 3.05) is 18.8 Å². The zero-order valence-electron chi connectivity index (χ0n) is 12.8. The summed E-state index contributed by atoms with van der Waals surface area (Å²) in [7, 11) is 0. The molecule has 1 heterocycles. The predicted octanol–water partition coefficient (Wildman–Crippen LogP) is 2.32. The van der Waals surface area contributed by atoms with Crippen LogP contribution in [0, 0.1) is 5.41 Å². The van der Waals surface area contributed by atoms with E-state index in [0.29, 0.717) is 18.2 Å². The van der Waals surface area contributed by atoms with Crippen molar-refractivity contribution >= 4 is 17.8 Å². The molecule has 0 aromatic heterocycles. The molecule has 1 saturated heterocycles. The average Bonchev–Trinajstić information content (AvgIpc) is 2.28. The first-order chi connectivity index (χ1) is 8.73. The molecule has 0 radical (unpaired) electrons. The number of carbonyl (C=O) groups is 1. The van der Waals surface area contributed by atoms with Crippen molar-refractivity contribution in [1.29, 1.82) is 0 Å². The van der Waals surface area contributed by atoms with Gasteiger partial charge in [-0.15, -0.1) is 0 Å². The Morgan fingerprint density at radius 3 is 2.74 bits per heavy atom. The Morgan fingerprint density at radius 2 is 2.16 bits per heavy atom. The van der Waals surface area contributed by atoms with Crippen LogP contribution in [-0.4, -0.2) is 52.3 Å². The molecule has 112 valence electrons. The highest BCUT2D eigenvalue weighted by Gasteiger charge is 2.30. The highest BCUT2D eigenvalue weighted by atomic mass is 32.2. The summed E-state index contributed by atoms with van der Waals surface area (Å²) in [4.78, 5) is 14.2. The van der Waals surface area contributed by atoms with Gasteiger partial charge in [0.25, 0.3) is 0 Å². The highest BCUT2D eigenvalue weighted by molar-refractivity contribution is 8.00.